The zero-order valence-electron chi connectivity index (χ0n) is 6.97. The smallest absolute Gasteiger partial charge is 0.243 e. The monoisotopic (exact) mass is 177 g/mol. The van der Waals surface area contributed by atoms with E-state index in [1.807, 2.05) is 6.07 Å². The highest BCUT2D eigenvalue weighted by Gasteiger charge is 2.08. The fourth-order valence-corrected chi connectivity index (χ4v) is 0.871. The Kier molecular flexibility index (Phi) is 3.70. The molecule has 1 aromatic carbocycles. The number of hydrogen-bond acceptors (Lipinski definition) is 3. The summed E-state index contributed by atoms with van der Waals surface area (Å²) in [5.41, 5.74) is 0. The van der Waals surface area contributed by atoms with Crippen LogP contribution in [0.15, 0.2) is 30.3 Å². The Morgan fingerprint density at radius 3 is 2.62 bits per heavy atom. The number of carbonyl (C=O) groups is 1. The van der Waals surface area contributed by atoms with Crippen LogP contribution in [0, 0.1) is 0 Å². The average molecular weight is 177 g/mol. The van der Waals surface area contributed by atoms with E-state index in [9.17, 15) is 9.59 Å². The number of aldehydes is 1. The van der Waals surface area contributed by atoms with E-state index in [4.69, 9.17) is 4.74 Å². The van der Waals surface area contributed by atoms with Crippen molar-refractivity contribution in [3.05, 3.63) is 30.3 Å². The zero-order valence-corrected chi connectivity index (χ0v) is 6.97. The Morgan fingerprint density at radius 2 is 2.08 bits per heavy atom. The summed E-state index contributed by atoms with van der Waals surface area (Å²) < 4.78 is 5.15. The molecule has 13 heavy (non-hydrogen) atoms. The lowest BCUT2D eigenvalue weighted by Gasteiger charge is -2.08. The van der Waals surface area contributed by atoms with E-state index >= 15 is 0 Å². The van der Waals surface area contributed by atoms with Crippen molar-refractivity contribution in [1.82, 2.24) is 0 Å². The minimum atomic E-state index is -0.792. The maximum atomic E-state index is 10.3. The number of rotatable bonds is 5. The number of carbonyl (C=O) groups excluding carboxylic acids is 2. The first-order valence-electron chi connectivity index (χ1n) is 3.90. The minimum absolute atomic E-state index is 0.0401. The van der Waals surface area contributed by atoms with Crippen LogP contribution in [0.3, 0.4) is 0 Å². The van der Waals surface area contributed by atoms with Gasteiger partial charge < -0.3 is 9.53 Å². The molecule has 1 rings (SSSR count). The first kappa shape index (κ1) is 9.45. The van der Waals surface area contributed by atoms with Crippen LogP contribution in [0.5, 0.6) is 5.75 Å². The number of para-hydroxylation sites is 1. The van der Waals surface area contributed by atoms with E-state index < -0.39 is 6.10 Å². The molecule has 0 heterocycles. The van der Waals surface area contributed by atoms with Gasteiger partial charge in [0.1, 0.15) is 12.0 Å². The van der Waals surface area contributed by atoms with Gasteiger partial charge in [-0.15, -0.1) is 0 Å². The SMILES string of the molecule is O=[C]C(CC=O)Oc1ccccc1. The predicted molar refractivity (Wildman–Crippen MR) is 47.2 cm³/mol. The first-order chi connectivity index (χ1) is 6.36. The van der Waals surface area contributed by atoms with Crippen molar-refractivity contribution in [2.75, 3.05) is 0 Å². The molecule has 0 fully saturated rings. The van der Waals surface area contributed by atoms with Crippen LogP contribution in [-0.2, 0) is 9.59 Å². The van der Waals surface area contributed by atoms with Crippen LogP contribution in [0.1, 0.15) is 6.42 Å². The third-order valence-electron chi connectivity index (χ3n) is 1.46. The van der Waals surface area contributed by atoms with Crippen molar-refractivity contribution in [3.63, 3.8) is 0 Å². The third-order valence-corrected chi connectivity index (χ3v) is 1.46. The molecule has 0 spiro atoms. The second-order valence-electron chi connectivity index (χ2n) is 2.44. The highest BCUT2D eigenvalue weighted by molar-refractivity contribution is 5.65. The molecular formula is C10H9O3. The van der Waals surface area contributed by atoms with Gasteiger partial charge in [-0.1, -0.05) is 18.2 Å². The Labute approximate surface area is 76.3 Å². The Balaban J connectivity index is 2.56. The highest BCUT2D eigenvalue weighted by atomic mass is 16.5. The van der Waals surface area contributed by atoms with Gasteiger partial charge in [-0.2, -0.15) is 0 Å². The largest absolute Gasteiger partial charge is 0.482 e. The highest BCUT2D eigenvalue weighted by Crippen LogP contribution is 2.10. The van der Waals surface area contributed by atoms with Gasteiger partial charge in [0.05, 0.1) is 0 Å². The van der Waals surface area contributed by atoms with E-state index in [0.717, 1.165) is 0 Å². The van der Waals surface area contributed by atoms with E-state index in [2.05, 4.69) is 0 Å². The van der Waals surface area contributed by atoms with Gasteiger partial charge >= 0.3 is 0 Å². The Hall–Kier alpha value is -1.64. The number of benzene rings is 1. The minimum Gasteiger partial charge on any atom is -0.482 e. The fraction of sp³-hybridized carbons (Fsp3) is 0.200. The maximum absolute atomic E-state index is 10.3. The summed E-state index contributed by atoms with van der Waals surface area (Å²) in [7, 11) is 0. The summed E-state index contributed by atoms with van der Waals surface area (Å²) in [5.74, 6) is 0.567. The summed E-state index contributed by atoms with van der Waals surface area (Å²) in [4.78, 5) is 20.4. The molecule has 0 aliphatic rings. The second kappa shape index (κ2) is 5.09. The lowest BCUT2D eigenvalue weighted by molar-refractivity contribution is -0.108. The van der Waals surface area contributed by atoms with Crippen LogP contribution in [0.2, 0.25) is 0 Å². The molecule has 0 bridgehead atoms. The summed E-state index contributed by atoms with van der Waals surface area (Å²) in [6.07, 6.45) is 1.53. The fourth-order valence-electron chi connectivity index (χ4n) is 0.871. The summed E-state index contributed by atoms with van der Waals surface area (Å²) in [6, 6.07) is 8.85. The topological polar surface area (TPSA) is 43.4 Å². The number of hydrogen-bond donors (Lipinski definition) is 0. The molecule has 3 nitrogen and oxygen atoms in total. The van der Waals surface area contributed by atoms with Crippen molar-refractivity contribution in [3.8, 4) is 5.75 Å². The van der Waals surface area contributed by atoms with Crippen molar-refractivity contribution in [2.24, 2.45) is 0 Å². The summed E-state index contributed by atoms with van der Waals surface area (Å²) >= 11 is 0. The summed E-state index contributed by atoms with van der Waals surface area (Å²) in [5, 5.41) is 0. The molecule has 1 radical (unpaired) electrons. The van der Waals surface area contributed by atoms with Gasteiger partial charge in [-0.25, -0.2) is 0 Å². The Bertz CT molecular complexity index is 269. The molecule has 0 aromatic heterocycles. The lowest BCUT2D eigenvalue weighted by atomic mass is 10.3. The molecular weight excluding hydrogens is 168 g/mol. The normalized spacial score (nSPS) is 11.7. The lowest BCUT2D eigenvalue weighted by Crippen LogP contribution is -2.18. The van der Waals surface area contributed by atoms with Gasteiger partial charge in [-0.05, 0) is 12.1 Å². The standard InChI is InChI=1S/C10H9O3/c11-7-6-10(8-12)13-9-4-2-1-3-5-9/h1-5,7,10H,6H2. The molecule has 0 amide bonds. The van der Waals surface area contributed by atoms with Gasteiger partial charge in [0.15, 0.2) is 6.10 Å². The molecule has 1 unspecified atom stereocenters. The first-order valence-corrected chi connectivity index (χ1v) is 3.90. The van der Waals surface area contributed by atoms with Gasteiger partial charge in [0.25, 0.3) is 0 Å². The molecule has 1 atom stereocenters. The molecule has 0 aliphatic carbocycles. The average Bonchev–Trinajstić information content (AvgIpc) is 2.19. The second-order valence-corrected chi connectivity index (χ2v) is 2.44. The summed E-state index contributed by atoms with van der Waals surface area (Å²) in [6.45, 7) is 0. The van der Waals surface area contributed by atoms with E-state index in [0.29, 0.717) is 12.0 Å². The molecule has 0 aliphatic heterocycles. The third kappa shape index (κ3) is 3.07. The number of ether oxygens (including phenoxy) is 1. The van der Waals surface area contributed by atoms with Crippen LogP contribution < -0.4 is 4.74 Å². The Morgan fingerprint density at radius 1 is 1.38 bits per heavy atom. The zero-order chi connectivity index (χ0) is 9.52. The molecule has 0 N–H and O–H groups in total. The van der Waals surface area contributed by atoms with Crippen LogP contribution >= 0.6 is 0 Å². The van der Waals surface area contributed by atoms with Crippen molar-refractivity contribution < 1.29 is 14.3 Å². The van der Waals surface area contributed by atoms with Crippen LogP contribution in [0.4, 0.5) is 0 Å². The maximum Gasteiger partial charge on any atom is 0.243 e. The molecule has 0 saturated carbocycles. The van der Waals surface area contributed by atoms with E-state index in [1.54, 1.807) is 30.6 Å². The van der Waals surface area contributed by atoms with Crippen molar-refractivity contribution >= 4 is 12.6 Å². The molecule has 67 valence electrons. The van der Waals surface area contributed by atoms with Gasteiger partial charge in [-0.3, -0.25) is 4.79 Å². The predicted octanol–water partition coefficient (Wildman–Crippen LogP) is 1.13. The van der Waals surface area contributed by atoms with E-state index in [1.165, 1.54) is 0 Å². The van der Waals surface area contributed by atoms with Crippen LogP contribution in [0.25, 0.3) is 0 Å². The van der Waals surface area contributed by atoms with E-state index in [-0.39, 0.29) is 6.42 Å². The van der Waals surface area contributed by atoms with Gasteiger partial charge in [0, 0.05) is 6.42 Å². The molecule has 0 saturated heterocycles. The quantitative estimate of drug-likeness (QED) is 0.633. The van der Waals surface area contributed by atoms with Crippen molar-refractivity contribution in [1.29, 1.82) is 0 Å². The van der Waals surface area contributed by atoms with Crippen molar-refractivity contribution in [2.45, 2.75) is 12.5 Å². The van der Waals surface area contributed by atoms with Crippen LogP contribution in [-0.4, -0.2) is 18.7 Å². The molecule has 3 heteroatoms. The van der Waals surface area contributed by atoms with Gasteiger partial charge in [0.2, 0.25) is 6.29 Å². The molecule has 1 aromatic rings.